The Morgan fingerprint density at radius 2 is 0.537 bits per heavy atom. The summed E-state index contributed by atoms with van der Waals surface area (Å²) in [7, 11) is -9.91. The first-order valence-corrected chi connectivity index (χ1v) is 42.4. The molecule has 0 aliphatic rings. The topological polar surface area (TPSA) is 237 Å². The minimum atomic E-state index is -4.96. The molecular formula is C76H148O17P2. The number of unbranched alkanes of at least 4 members (excludes halogenated alkanes) is 40. The van der Waals surface area contributed by atoms with Gasteiger partial charge in [0, 0.05) is 25.7 Å². The van der Waals surface area contributed by atoms with Gasteiger partial charge in [-0.2, -0.15) is 0 Å². The lowest BCUT2D eigenvalue weighted by Gasteiger charge is -2.21. The number of phosphoric acid groups is 2. The molecule has 95 heavy (non-hydrogen) atoms. The van der Waals surface area contributed by atoms with Crippen LogP contribution in [0.15, 0.2) is 0 Å². The fourth-order valence-corrected chi connectivity index (χ4v) is 13.1. The third-order valence-electron chi connectivity index (χ3n) is 18.4. The van der Waals surface area contributed by atoms with Crippen molar-refractivity contribution in [3.63, 3.8) is 0 Å². The standard InChI is InChI=1S/C76H148O17P2/c1-8-11-12-13-14-15-16-17-23-26-29-35-43-50-57-73(78)86-63-71(92-75(80)59-52-45-36-30-27-24-21-19-18-20-22-25-28-33-40-47-54-67(4)5)65-90-94(82,83)88-61-70(77)62-89-95(84,85)91-66-72(64-87-74(79)58-51-44-39-38-42-49-56-69(7)10-3)93-76(81)60-53-46-37-32-31-34-41-48-55-68(6)9-2/h67-72,77H,8-66H2,1-7H3,(H,82,83)(H,84,85)/t68?,69?,70-,71-,72-/m1/s1. The maximum Gasteiger partial charge on any atom is 0.472 e. The Morgan fingerprint density at radius 1 is 0.305 bits per heavy atom. The SMILES string of the molecule is CCCCCCCCCCCCCCCCC(=O)OC[C@H](COP(=O)(O)OC[C@@H](O)COP(=O)(O)OC[C@@H](COC(=O)CCCCCCCCC(C)CC)OC(=O)CCCCCCCCCCC(C)CC)OC(=O)CCCCCCCCCCCCCCCCCCC(C)C. The number of esters is 4. The summed E-state index contributed by atoms with van der Waals surface area (Å²) in [5.41, 5.74) is 0. The van der Waals surface area contributed by atoms with Crippen molar-refractivity contribution in [1.82, 2.24) is 0 Å². The normalized spacial score (nSPS) is 14.6. The Balaban J connectivity index is 5.24. The molecule has 0 heterocycles. The fraction of sp³-hybridized carbons (Fsp3) is 0.947. The zero-order valence-electron chi connectivity index (χ0n) is 62.1. The van der Waals surface area contributed by atoms with Crippen molar-refractivity contribution in [2.45, 2.75) is 407 Å². The number of carbonyl (C=O) groups excluding carboxylic acids is 4. The number of rotatable bonds is 74. The van der Waals surface area contributed by atoms with Crippen LogP contribution in [0.2, 0.25) is 0 Å². The van der Waals surface area contributed by atoms with Gasteiger partial charge in [0.15, 0.2) is 12.2 Å². The van der Waals surface area contributed by atoms with E-state index in [1.54, 1.807) is 0 Å². The van der Waals surface area contributed by atoms with Crippen LogP contribution in [0, 0.1) is 17.8 Å². The van der Waals surface area contributed by atoms with Crippen molar-refractivity contribution in [3.05, 3.63) is 0 Å². The molecule has 0 bridgehead atoms. The van der Waals surface area contributed by atoms with Crippen LogP contribution in [0.25, 0.3) is 0 Å². The molecule has 0 saturated heterocycles. The van der Waals surface area contributed by atoms with Gasteiger partial charge in [-0.15, -0.1) is 0 Å². The Hall–Kier alpha value is -1.94. The molecule has 7 atom stereocenters. The molecule has 3 N–H and O–H groups in total. The summed E-state index contributed by atoms with van der Waals surface area (Å²) in [5.74, 6) is 0.190. The van der Waals surface area contributed by atoms with E-state index in [1.807, 2.05) is 0 Å². The number of hydrogen-bond acceptors (Lipinski definition) is 15. The number of carbonyl (C=O) groups is 4. The minimum Gasteiger partial charge on any atom is -0.462 e. The highest BCUT2D eigenvalue weighted by Crippen LogP contribution is 2.45. The second kappa shape index (κ2) is 66.6. The molecule has 0 aromatic rings. The number of ether oxygens (including phenoxy) is 4. The molecule has 0 rings (SSSR count). The molecule has 0 aromatic heterocycles. The Bertz CT molecular complexity index is 1860. The summed E-state index contributed by atoms with van der Waals surface area (Å²) < 4.78 is 68.5. The first kappa shape index (κ1) is 93.1. The second-order valence-corrected chi connectivity index (χ2v) is 31.3. The summed E-state index contributed by atoms with van der Waals surface area (Å²) in [6, 6.07) is 0. The van der Waals surface area contributed by atoms with E-state index in [4.69, 9.17) is 37.0 Å². The van der Waals surface area contributed by atoms with Gasteiger partial charge in [-0.25, -0.2) is 9.13 Å². The molecule has 0 amide bonds. The van der Waals surface area contributed by atoms with Crippen molar-refractivity contribution in [3.8, 4) is 0 Å². The molecule has 17 nitrogen and oxygen atoms in total. The monoisotopic (exact) mass is 1400 g/mol. The van der Waals surface area contributed by atoms with E-state index in [2.05, 4.69) is 48.5 Å². The number of hydrogen-bond donors (Lipinski definition) is 3. The fourth-order valence-electron chi connectivity index (χ4n) is 11.5. The predicted molar refractivity (Wildman–Crippen MR) is 386 cm³/mol. The largest absolute Gasteiger partial charge is 0.472 e. The third kappa shape index (κ3) is 67.6. The van der Waals surface area contributed by atoms with E-state index in [0.29, 0.717) is 25.7 Å². The van der Waals surface area contributed by atoms with E-state index in [0.717, 1.165) is 114 Å². The highest BCUT2D eigenvalue weighted by molar-refractivity contribution is 7.47. The lowest BCUT2D eigenvalue weighted by atomic mass is 9.99. The van der Waals surface area contributed by atoms with Crippen molar-refractivity contribution < 1.29 is 80.2 Å². The zero-order chi connectivity index (χ0) is 70.1. The zero-order valence-corrected chi connectivity index (χ0v) is 63.9. The van der Waals surface area contributed by atoms with Crippen molar-refractivity contribution in [2.24, 2.45) is 17.8 Å². The maximum absolute atomic E-state index is 13.1. The number of aliphatic hydroxyl groups is 1. The van der Waals surface area contributed by atoms with Gasteiger partial charge in [-0.1, -0.05) is 337 Å². The van der Waals surface area contributed by atoms with Gasteiger partial charge in [0.05, 0.1) is 26.4 Å². The summed E-state index contributed by atoms with van der Waals surface area (Å²) in [5, 5.41) is 10.6. The molecule has 0 aliphatic carbocycles. The Kier molecular flexibility index (Phi) is 65.2. The van der Waals surface area contributed by atoms with Crippen molar-refractivity contribution in [2.75, 3.05) is 39.6 Å². The Labute approximate surface area is 581 Å². The van der Waals surface area contributed by atoms with Gasteiger partial charge in [0.2, 0.25) is 0 Å². The second-order valence-electron chi connectivity index (χ2n) is 28.4. The van der Waals surface area contributed by atoms with Gasteiger partial charge < -0.3 is 33.8 Å². The highest BCUT2D eigenvalue weighted by atomic mass is 31.2. The van der Waals surface area contributed by atoms with Gasteiger partial charge >= 0.3 is 39.5 Å². The number of phosphoric ester groups is 2. The molecule has 0 saturated carbocycles. The van der Waals surface area contributed by atoms with Crippen LogP contribution in [0.1, 0.15) is 389 Å². The molecular weight excluding hydrogens is 1250 g/mol. The molecule has 19 heteroatoms. The van der Waals surface area contributed by atoms with Gasteiger partial charge in [-0.3, -0.25) is 37.3 Å². The molecule has 0 radical (unpaired) electrons. The molecule has 0 aromatic carbocycles. The van der Waals surface area contributed by atoms with Gasteiger partial charge in [0.1, 0.15) is 19.3 Å². The summed E-state index contributed by atoms with van der Waals surface area (Å²) in [6.45, 7) is 11.9. The highest BCUT2D eigenvalue weighted by Gasteiger charge is 2.30. The lowest BCUT2D eigenvalue weighted by Crippen LogP contribution is -2.30. The van der Waals surface area contributed by atoms with Crippen LogP contribution >= 0.6 is 15.6 Å². The molecule has 0 aliphatic heterocycles. The predicted octanol–water partition coefficient (Wildman–Crippen LogP) is 22.2. The smallest absolute Gasteiger partial charge is 0.462 e. The maximum atomic E-state index is 13.1. The van der Waals surface area contributed by atoms with Crippen LogP contribution in [-0.4, -0.2) is 96.7 Å². The van der Waals surface area contributed by atoms with Crippen LogP contribution in [-0.2, 0) is 65.4 Å². The van der Waals surface area contributed by atoms with E-state index < -0.39 is 97.5 Å². The third-order valence-corrected chi connectivity index (χ3v) is 20.3. The van der Waals surface area contributed by atoms with Crippen molar-refractivity contribution >= 4 is 39.5 Å². The van der Waals surface area contributed by atoms with E-state index in [-0.39, 0.29) is 25.7 Å². The first-order chi connectivity index (χ1) is 45.8. The number of aliphatic hydroxyl groups excluding tert-OH is 1. The average molecular weight is 1400 g/mol. The summed E-state index contributed by atoms with van der Waals surface area (Å²) in [4.78, 5) is 72.8. The quantitative estimate of drug-likeness (QED) is 0.0222. The van der Waals surface area contributed by atoms with Gasteiger partial charge in [-0.05, 0) is 43.4 Å². The van der Waals surface area contributed by atoms with Crippen LogP contribution in [0.3, 0.4) is 0 Å². The van der Waals surface area contributed by atoms with E-state index in [1.165, 1.54) is 193 Å². The lowest BCUT2D eigenvalue weighted by molar-refractivity contribution is -0.161. The van der Waals surface area contributed by atoms with Crippen LogP contribution < -0.4 is 0 Å². The first-order valence-electron chi connectivity index (χ1n) is 39.4. The average Bonchev–Trinajstić information content (AvgIpc) is 3.71. The summed E-state index contributed by atoms with van der Waals surface area (Å²) in [6.07, 6.45) is 52.7. The molecule has 4 unspecified atom stereocenters. The summed E-state index contributed by atoms with van der Waals surface area (Å²) >= 11 is 0. The van der Waals surface area contributed by atoms with E-state index >= 15 is 0 Å². The molecule has 0 fully saturated rings. The van der Waals surface area contributed by atoms with Crippen LogP contribution in [0.5, 0.6) is 0 Å². The molecule has 0 spiro atoms. The Morgan fingerprint density at radius 3 is 0.800 bits per heavy atom. The van der Waals surface area contributed by atoms with Gasteiger partial charge in [0.25, 0.3) is 0 Å². The van der Waals surface area contributed by atoms with E-state index in [9.17, 15) is 43.2 Å². The molecule has 564 valence electrons. The van der Waals surface area contributed by atoms with Crippen molar-refractivity contribution in [1.29, 1.82) is 0 Å². The minimum absolute atomic E-state index is 0.104. The van der Waals surface area contributed by atoms with Crippen LogP contribution in [0.4, 0.5) is 0 Å².